The number of aliphatic imine (C=N–C) groups is 1. The Hall–Kier alpha value is -2.25. The van der Waals surface area contributed by atoms with E-state index in [4.69, 9.17) is 5.26 Å². The van der Waals surface area contributed by atoms with Crippen LogP contribution >= 0.6 is 11.8 Å². The van der Waals surface area contributed by atoms with Gasteiger partial charge in [0.15, 0.2) is 5.17 Å². The van der Waals surface area contributed by atoms with Crippen LogP contribution in [0.1, 0.15) is 11.1 Å². The monoisotopic (exact) mass is 295 g/mol. The highest BCUT2D eigenvalue weighted by atomic mass is 32.2. The predicted octanol–water partition coefficient (Wildman–Crippen LogP) is 3.93. The van der Waals surface area contributed by atoms with Crippen molar-refractivity contribution >= 4 is 22.6 Å². The molecule has 0 radical (unpaired) electrons. The van der Waals surface area contributed by atoms with Crippen LogP contribution in [0.2, 0.25) is 0 Å². The van der Waals surface area contributed by atoms with Crippen molar-refractivity contribution in [2.24, 2.45) is 4.99 Å². The number of benzene rings is 2. The van der Waals surface area contributed by atoms with E-state index in [1.807, 2.05) is 36.6 Å². The van der Waals surface area contributed by atoms with Crippen molar-refractivity contribution < 1.29 is 0 Å². The minimum Gasteiger partial charge on any atom is -0.335 e. The second-order valence-corrected chi connectivity index (χ2v) is 5.24. The van der Waals surface area contributed by atoms with E-state index in [1.165, 1.54) is 5.56 Å². The summed E-state index contributed by atoms with van der Waals surface area (Å²) in [5.41, 5.74) is 2.90. The molecule has 0 saturated carbocycles. The lowest BCUT2D eigenvalue weighted by Gasteiger charge is -2.07. The van der Waals surface area contributed by atoms with Gasteiger partial charge in [0.05, 0.1) is 11.6 Å². The zero-order chi connectivity index (χ0) is 14.9. The first-order valence-corrected chi connectivity index (χ1v) is 7.94. The standard InChI is InChI=1S/C17H17N3S/c1-21-17(19-12-11-14-5-3-2-4-6-14)20-16-9-7-15(13-18)8-10-16/h2-10H,11-12H2,1H3,(H,19,20). The summed E-state index contributed by atoms with van der Waals surface area (Å²) in [7, 11) is 0. The average molecular weight is 295 g/mol. The van der Waals surface area contributed by atoms with Crippen LogP contribution in [0.5, 0.6) is 0 Å². The number of hydrogen-bond acceptors (Lipinski definition) is 3. The van der Waals surface area contributed by atoms with Crippen LogP contribution < -0.4 is 5.32 Å². The molecule has 0 aliphatic carbocycles. The summed E-state index contributed by atoms with van der Waals surface area (Å²) >= 11 is 1.58. The van der Waals surface area contributed by atoms with Crippen molar-refractivity contribution in [1.29, 1.82) is 5.26 Å². The third-order valence-corrected chi connectivity index (χ3v) is 3.58. The maximum absolute atomic E-state index is 8.78. The van der Waals surface area contributed by atoms with Crippen molar-refractivity contribution in [2.75, 3.05) is 18.1 Å². The molecular weight excluding hydrogens is 278 g/mol. The van der Waals surface area contributed by atoms with Gasteiger partial charge in [-0.3, -0.25) is 4.99 Å². The van der Waals surface area contributed by atoms with Gasteiger partial charge in [-0.15, -0.1) is 0 Å². The van der Waals surface area contributed by atoms with Crippen LogP contribution in [-0.2, 0) is 6.42 Å². The molecule has 0 aliphatic rings. The van der Waals surface area contributed by atoms with Gasteiger partial charge in [-0.1, -0.05) is 42.1 Å². The zero-order valence-corrected chi connectivity index (χ0v) is 12.7. The van der Waals surface area contributed by atoms with E-state index < -0.39 is 0 Å². The Morgan fingerprint density at radius 3 is 2.48 bits per heavy atom. The molecule has 0 aliphatic heterocycles. The third kappa shape index (κ3) is 4.97. The lowest BCUT2D eigenvalue weighted by molar-refractivity contribution is 0.971. The predicted molar refractivity (Wildman–Crippen MR) is 90.7 cm³/mol. The molecule has 106 valence electrons. The van der Waals surface area contributed by atoms with E-state index in [2.05, 4.69) is 28.5 Å². The summed E-state index contributed by atoms with van der Waals surface area (Å²) in [6, 6.07) is 19.8. The van der Waals surface area contributed by atoms with Gasteiger partial charge in [-0.25, -0.2) is 0 Å². The number of nitrogens with zero attached hydrogens (tertiary/aromatic N) is 2. The van der Waals surface area contributed by atoms with Crippen LogP contribution in [0, 0.1) is 11.3 Å². The number of amidine groups is 1. The number of anilines is 1. The summed E-state index contributed by atoms with van der Waals surface area (Å²) < 4.78 is 0. The second kappa shape index (κ2) is 8.13. The average Bonchev–Trinajstić information content (AvgIpc) is 2.55. The van der Waals surface area contributed by atoms with E-state index in [9.17, 15) is 0 Å². The van der Waals surface area contributed by atoms with Gasteiger partial charge in [-0.2, -0.15) is 5.26 Å². The molecule has 3 nitrogen and oxygen atoms in total. The molecule has 0 fully saturated rings. The fourth-order valence-corrected chi connectivity index (χ4v) is 2.28. The summed E-state index contributed by atoms with van der Waals surface area (Å²) in [5.74, 6) is 0. The summed E-state index contributed by atoms with van der Waals surface area (Å²) in [4.78, 5) is 4.58. The van der Waals surface area contributed by atoms with Gasteiger partial charge in [0.1, 0.15) is 0 Å². The van der Waals surface area contributed by atoms with Gasteiger partial charge in [0, 0.05) is 12.2 Å². The number of hydrogen-bond donors (Lipinski definition) is 1. The maximum Gasteiger partial charge on any atom is 0.160 e. The van der Waals surface area contributed by atoms with Crippen LogP contribution in [0.15, 0.2) is 59.6 Å². The molecule has 0 bridgehead atoms. The van der Waals surface area contributed by atoms with E-state index in [1.54, 1.807) is 23.9 Å². The molecule has 2 rings (SSSR count). The molecule has 0 spiro atoms. The topological polar surface area (TPSA) is 48.2 Å². The molecule has 0 heterocycles. The number of thioether (sulfide) groups is 1. The van der Waals surface area contributed by atoms with Gasteiger partial charge in [-0.05, 0) is 42.5 Å². The molecule has 1 N–H and O–H groups in total. The van der Waals surface area contributed by atoms with Gasteiger partial charge < -0.3 is 5.32 Å². The highest BCUT2D eigenvalue weighted by Crippen LogP contribution is 2.12. The van der Waals surface area contributed by atoms with E-state index >= 15 is 0 Å². The van der Waals surface area contributed by atoms with Gasteiger partial charge in [0.25, 0.3) is 0 Å². The van der Waals surface area contributed by atoms with E-state index in [-0.39, 0.29) is 0 Å². The zero-order valence-electron chi connectivity index (χ0n) is 11.9. The Bertz CT molecular complexity index is 627. The Labute approximate surface area is 129 Å². The largest absolute Gasteiger partial charge is 0.335 e. The minimum absolute atomic E-state index is 0.660. The highest BCUT2D eigenvalue weighted by molar-refractivity contribution is 8.13. The molecule has 2 aromatic carbocycles. The Morgan fingerprint density at radius 2 is 1.86 bits per heavy atom. The number of nitriles is 1. The highest BCUT2D eigenvalue weighted by Gasteiger charge is 1.99. The summed E-state index contributed by atoms with van der Waals surface area (Å²) in [6.45, 7) is 0.753. The molecule has 21 heavy (non-hydrogen) atoms. The van der Waals surface area contributed by atoms with Crippen LogP contribution in [0.25, 0.3) is 0 Å². The fourth-order valence-electron chi connectivity index (χ4n) is 1.84. The molecule has 0 saturated heterocycles. The fraction of sp³-hybridized carbons (Fsp3) is 0.176. The molecule has 0 atom stereocenters. The molecule has 0 amide bonds. The van der Waals surface area contributed by atoms with Gasteiger partial charge >= 0.3 is 0 Å². The van der Waals surface area contributed by atoms with Crippen LogP contribution in [0.3, 0.4) is 0 Å². The maximum atomic E-state index is 8.78. The molecule has 4 heteroatoms. The van der Waals surface area contributed by atoms with Gasteiger partial charge in [0.2, 0.25) is 0 Å². The third-order valence-electron chi connectivity index (χ3n) is 2.96. The first-order chi connectivity index (χ1) is 10.3. The first-order valence-electron chi connectivity index (χ1n) is 6.71. The molecule has 0 aromatic heterocycles. The Morgan fingerprint density at radius 1 is 1.14 bits per heavy atom. The molecular formula is C17H17N3S. The van der Waals surface area contributed by atoms with Crippen LogP contribution in [0.4, 0.5) is 5.69 Å². The Balaban J connectivity index is 1.92. The molecule has 0 unspecified atom stereocenters. The normalized spacial score (nSPS) is 11.0. The lowest BCUT2D eigenvalue weighted by atomic mass is 10.2. The van der Waals surface area contributed by atoms with Crippen molar-refractivity contribution in [3.63, 3.8) is 0 Å². The summed E-state index contributed by atoms with van der Waals surface area (Å²) in [6.07, 6.45) is 2.93. The quantitative estimate of drug-likeness (QED) is 0.686. The smallest absolute Gasteiger partial charge is 0.160 e. The number of nitrogens with one attached hydrogen (secondary N) is 1. The van der Waals surface area contributed by atoms with Crippen LogP contribution in [-0.4, -0.2) is 18.0 Å². The first kappa shape index (κ1) is 15.1. The minimum atomic E-state index is 0.660. The number of rotatable bonds is 4. The Kier molecular flexibility index (Phi) is 5.86. The van der Waals surface area contributed by atoms with Crippen molar-refractivity contribution in [3.8, 4) is 6.07 Å². The van der Waals surface area contributed by atoms with Crippen molar-refractivity contribution in [1.82, 2.24) is 0 Å². The summed E-state index contributed by atoms with van der Waals surface area (Å²) in [5, 5.41) is 12.9. The molecule has 2 aromatic rings. The van der Waals surface area contributed by atoms with E-state index in [0.29, 0.717) is 5.56 Å². The SMILES string of the molecule is CSC(=NCCc1ccccc1)Nc1ccc(C#N)cc1. The second-order valence-electron chi connectivity index (χ2n) is 4.44. The van der Waals surface area contributed by atoms with E-state index in [0.717, 1.165) is 23.8 Å². The van der Waals surface area contributed by atoms with Crippen molar-refractivity contribution in [2.45, 2.75) is 6.42 Å². The van der Waals surface area contributed by atoms with Crippen molar-refractivity contribution in [3.05, 3.63) is 65.7 Å². The lowest BCUT2D eigenvalue weighted by Crippen LogP contribution is -2.08.